The minimum Gasteiger partial charge on any atom is -0.394 e. The van der Waals surface area contributed by atoms with Gasteiger partial charge in [-0.3, -0.25) is 9.59 Å². The average Bonchev–Trinajstić information content (AvgIpc) is 3.00. The second-order valence-electron chi connectivity index (χ2n) is 12.2. The lowest BCUT2D eigenvalue weighted by atomic mass is 9.99. The van der Waals surface area contributed by atoms with E-state index < -0.39 is 49.3 Å². The summed E-state index contributed by atoms with van der Waals surface area (Å²) in [5, 5.41) is 45.2. The molecule has 2 amide bonds. The van der Waals surface area contributed by atoms with Crippen molar-refractivity contribution in [2.45, 2.75) is 179 Å². The van der Waals surface area contributed by atoms with Crippen LogP contribution in [0.2, 0.25) is 0 Å². The van der Waals surface area contributed by atoms with E-state index in [-0.39, 0.29) is 12.5 Å². The molecule has 0 aromatic carbocycles. The molecule has 1 aliphatic rings. The van der Waals surface area contributed by atoms with E-state index in [9.17, 15) is 30.0 Å². The van der Waals surface area contributed by atoms with Crippen LogP contribution in [-0.2, 0) is 19.1 Å². The highest BCUT2D eigenvalue weighted by molar-refractivity contribution is 5.87. The van der Waals surface area contributed by atoms with Crippen LogP contribution in [0.5, 0.6) is 0 Å². The Hall–Kier alpha value is -1.30. The Bertz CT molecular complexity index is 696. The SMILES string of the molecule is CCCCCCCCCCCCCCCCCC(=O)N[C@@H](CO[C@@H]1O[C@@H](CO)[C@@H](O)[C@H](O)[C@@H]1O)C(=O)NCCCCCC. The molecular formula is C33H64N2O8. The highest BCUT2D eigenvalue weighted by Gasteiger charge is 2.44. The number of amides is 2. The summed E-state index contributed by atoms with van der Waals surface area (Å²) < 4.78 is 11.0. The number of nitrogens with one attached hydrogen (secondary N) is 2. The third-order valence-electron chi connectivity index (χ3n) is 8.26. The van der Waals surface area contributed by atoms with Gasteiger partial charge in [0.05, 0.1) is 13.2 Å². The maximum atomic E-state index is 12.9. The summed E-state index contributed by atoms with van der Waals surface area (Å²) >= 11 is 0. The van der Waals surface area contributed by atoms with Gasteiger partial charge in [-0.15, -0.1) is 0 Å². The molecule has 1 saturated heterocycles. The molecule has 0 bridgehead atoms. The van der Waals surface area contributed by atoms with Gasteiger partial charge < -0.3 is 40.5 Å². The van der Waals surface area contributed by atoms with Crippen molar-refractivity contribution in [3.63, 3.8) is 0 Å². The predicted molar refractivity (Wildman–Crippen MR) is 168 cm³/mol. The van der Waals surface area contributed by atoms with Gasteiger partial charge in [-0.05, 0) is 12.8 Å². The molecule has 43 heavy (non-hydrogen) atoms. The quantitative estimate of drug-likeness (QED) is 0.0748. The second kappa shape index (κ2) is 26.0. The fourth-order valence-corrected chi connectivity index (χ4v) is 5.39. The van der Waals surface area contributed by atoms with Crippen molar-refractivity contribution in [2.75, 3.05) is 19.8 Å². The first kappa shape index (κ1) is 39.7. The van der Waals surface area contributed by atoms with Gasteiger partial charge in [-0.2, -0.15) is 0 Å². The zero-order valence-corrected chi connectivity index (χ0v) is 27.1. The molecule has 6 N–H and O–H groups in total. The van der Waals surface area contributed by atoms with Crippen molar-refractivity contribution >= 4 is 11.8 Å². The van der Waals surface area contributed by atoms with Gasteiger partial charge in [0, 0.05) is 13.0 Å². The Morgan fingerprint density at radius 2 is 1.19 bits per heavy atom. The minimum atomic E-state index is -1.58. The molecule has 6 atom stereocenters. The van der Waals surface area contributed by atoms with Gasteiger partial charge in [0.15, 0.2) is 6.29 Å². The van der Waals surface area contributed by atoms with Gasteiger partial charge in [-0.1, -0.05) is 123 Å². The van der Waals surface area contributed by atoms with Gasteiger partial charge in [-0.25, -0.2) is 0 Å². The van der Waals surface area contributed by atoms with Gasteiger partial charge >= 0.3 is 0 Å². The smallest absolute Gasteiger partial charge is 0.244 e. The highest BCUT2D eigenvalue weighted by atomic mass is 16.7. The van der Waals surface area contributed by atoms with E-state index in [1.807, 2.05) is 0 Å². The number of carbonyl (C=O) groups excluding carboxylic acids is 2. The molecule has 254 valence electrons. The number of hydrogen-bond acceptors (Lipinski definition) is 8. The normalized spacial score (nSPS) is 22.8. The van der Waals surface area contributed by atoms with E-state index in [1.54, 1.807) is 0 Å². The number of aliphatic hydroxyl groups excluding tert-OH is 4. The maximum absolute atomic E-state index is 12.9. The van der Waals surface area contributed by atoms with Crippen molar-refractivity contribution in [1.82, 2.24) is 10.6 Å². The van der Waals surface area contributed by atoms with E-state index in [0.29, 0.717) is 13.0 Å². The van der Waals surface area contributed by atoms with Crippen LogP contribution in [0.25, 0.3) is 0 Å². The largest absolute Gasteiger partial charge is 0.394 e. The van der Waals surface area contributed by atoms with Gasteiger partial charge in [0.1, 0.15) is 30.5 Å². The first-order valence-electron chi connectivity index (χ1n) is 17.3. The average molecular weight is 617 g/mol. The third kappa shape index (κ3) is 18.3. The second-order valence-corrected chi connectivity index (χ2v) is 12.2. The molecule has 10 nitrogen and oxygen atoms in total. The Kier molecular flexibility index (Phi) is 24.0. The van der Waals surface area contributed by atoms with E-state index in [0.717, 1.165) is 44.9 Å². The molecule has 1 rings (SSSR count). The molecule has 0 unspecified atom stereocenters. The lowest BCUT2D eigenvalue weighted by molar-refractivity contribution is -0.301. The zero-order chi connectivity index (χ0) is 31.7. The minimum absolute atomic E-state index is 0.252. The molecule has 0 aromatic heterocycles. The molecule has 0 saturated carbocycles. The van der Waals surface area contributed by atoms with Crippen molar-refractivity contribution in [2.24, 2.45) is 0 Å². The molecule has 1 aliphatic heterocycles. The van der Waals surface area contributed by atoms with Crippen LogP contribution in [0, 0.1) is 0 Å². The van der Waals surface area contributed by atoms with Crippen molar-refractivity contribution in [1.29, 1.82) is 0 Å². The van der Waals surface area contributed by atoms with Gasteiger partial charge in [0.2, 0.25) is 11.8 Å². The number of rotatable bonds is 27. The summed E-state index contributed by atoms with van der Waals surface area (Å²) in [6, 6.07) is -1.01. The van der Waals surface area contributed by atoms with Crippen molar-refractivity contribution in [3.05, 3.63) is 0 Å². The summed E-state index contributed by atoms with van der Waals surface area (Å²) in [5.74, 6) is -0.649. The summed E-state index contributed by atoms with van der Waals surface area (Å²) in [6.45, 7) is 3.96. The number of ether oxygens (including phenoxy) is 2. The molecule has 0 aliphatic carbocycles. The van der Waals surface area contributed by atoms with Gasteiger partial charge in [0.25, 0.3) is 0 Å². The predicted octanol–water partition coefficient (Wildman–Crippen LogP) is 4.25. The van der Waals surface area contributed by atoms with E-state index in [2.05, 4.69) is 24.5 Å². The van der Waals surface area contributed by atoms with Crippen LogP contribution in [0.4, 0.5) is 0 Å². The first-order valence-corrected chi connectivity index (χ1v) is 17.3. The Morgan fingerprint density at radius 3 is 1.70 bits per heavy atom. The first-order chi connectivity index (χ1) is 20.8. The highest BCUT2D eigenvalue weighted by Crippen LogP contribution is 2.22. The molecule has 0 aromatic rings. The number of carbonyl (C=O) groups is 2. The molecular weight excluding hydrogens is 552 g/mol. The summed E-state index contributed by atoms with van der Waals surface area (Å²) in [6.07, 6.45) is 15.8. The van der Waals surface area contributed by atoms with Crippen LogP contribution in [0.3, 0.4) is 0 Å². The zero-order valence-electron chi connectivity index (χ0n) is 27.1. The Morgan fingerprint density at radius 1 is 0.698 bits per heavy atom. The number of unbranched alkanes of at least 4 members (excludes halogenated alkanes) is 17. The topological polar surface area (TPSA) is 158 Å². The van der Waals surface area contributed by atoms with Crippen LogP contribution in [0.15, 0.2) is 0 Å². The molecule has 1 fully saturated rings. The third-order valence-corrected chi connectivity index (χ3v) is 8.26. The van der Waals surface area contributed by atoms with Crippen LogP contribution < -0.4 is 10.6 Å². The van der Waals surface area contributed by atoms with Crippen molar-refractivity contribution in [3.8, 4) is 0 Å². The molecule has 0 radical (unpaired) electrons. The van der Waals surface area contributed by atoms with Crippen LogP contribution in [0.1, 0.15) is 142 Å². The Labute approximate surface area is 260 Å². The molecule has 10 heteroatoms. The van der Waals surface area contributed by atoms with Crippen molar-refractivity contribution < 1.29 is 39.5 Å². The Balaban J connectivity index is 2.34. The molecule has 1 heterocycles. The number of aliphatic hydroxyl groups is 4. The van der Waals surface area contributed by atoms with Crippen LogP contribution in [-0.4, -0.2) is 88.7 Å². The standard InChI is InChI=1S/C33H64N2O8/c1-3-5-7-9-10-11-12-13-14-15-16-17-18-19-20-22-28(37)35-26(32(41)34-23-21-8-6-4-2)25-42-33-31(40)30(39)29(38)27(24-36)43-33/h26-27,29-31,33,36,38-40H,3-25H2,1-2H3,(H,34,41)(H,35,37)/t26-,27-,29+,30-,31-,33+/m0/s1. The summed E-state index contributed by atoms with van der Waals surface area (Å²) in [4.78, 5) is 25.6. The molecule has 0 spiro atoms. The maximum Gasteiger partial charge on any atom is 0.244 e. The lowest BCUT2D eigenvalue weighted by Gasteiger charge is -2.39. The lowest BCUT2D eigenvalue weighted by Crippen LogP contribution is -2.60. The van der Waals surface area contributed by atoms with E-state index in [1.165, 1.54) is 77.0 Å². The monoisotopic (exact) mass is 616 g/mol. The van der Waals surface area contributed by atoms with E-state index >= 15 is 0 Å². The fraction of sp³-hybridized carbons (Fsp3) is 0.939. The summed E-state index contributed by atoms with van der Waals surface area (Å²) in [5.41, 5.74) is 0. The van der Waals surface area contributed by atoms with E-state index in [4.69, 9.17) is 9.47 Å². The fourth-order valence-electron chi connectivity index (χ4n) is 5.39. The summed E-state index contributed by atoms with van der Waals surface area (Å²) in [7, 11) is 0. The number of hydrogen-bond donors (Lipinski definition) is 6. The van der Waals surface area contributed by atoms with Crippen LogP contribution >= 0.6 is 0 Å².